The van der Waals surface area contributed by atoms with Gasteiger partial charge in [0.05, 0.1) is 30.0 Å². The van der Waals surface area contributed by atoms with Gasteiger partial charge in [0.2, 0.25) is 5.88 Å². The lowest BCUT2D eigenvalue weighted by Gasteiger charge is -2.33. The molecule has 1 aliphatic heterocycles. The fourth-order valence-electron chi connectivity index (χ4n) is 4.04. The van der Waals surface area contributed by atoms with Gasteiger partial charge < -0.3 is 9.47 Å². The highest BCUT2D eigenvalue weighted by molar-refractivity contribution is 7.25. The molecule has 30 heavy (non-hydrogen) atoms. The highest BCUT2D eigenvalue weighted by Crippen LogP contribution is 2.44. The average Bonchev–Trinajstić information content (AvgIpc) is 3.13. The highest BCUT2D eigenvalue weighted by atomic mass is 32.1. The summed E-state index contributed by atoms with van der Waals surface area (Å²) < 4.78 is 13.2. The largest absolute Gasteiger partial charge is 0.477 e. The Labute approximate surface area is 180 Å². The molecule has 0 saturated heterocycles. The summed E-state index contributed by atoms with van der Waals surface area (Å²) in [5, 5.41) is 1.13. The summed E-state index contributed by atoms with van der Waals surface area (Å²) in [5.41, 5.74) is 5.29. The molecule has 154 valence electrons. The van der Waals surface area contributed by atoms with Crippen LogP contribution in [-0.4, -0.2) is 27.2 Å². The van der Waals surface area contributed by atoms with Crippen molar-refractivity contribution in [1.82, 2.24) is 15.0 Å². The summed E-state index contributed by atoms with van der Waals surface area (Å²) in [6.07, 6.45) is 4.53. The third-order valence-corrected chi connectivity index (χ3v) is 6.64. The Morgan fingerprint density at radius 2 is 1.97 bits per heavy atom. The van der Waals surface area contributed by atoms with E-state index >= 15 is 0 Å². The number of hydrogen-bond donors (Lipinski definition) is 0. The maximum Gasteiger partial charge on any atom is 0.234 e. The molecule has 1 aromatic carbocycles. The van der Waals surface area contributed by atoms with E-state index in [1.54, 1.807) is 17.7 Å². The molecule has 0 saturated carbocycles. The monoisotopic (exact) mass is 419 g/mol. The van der Waals surface area contributed by atoms with Gasteiger partial charge in [0.1, 0.15) is 15.9 Å². The number of unbranched alkanes of at least 4 members (excludes halogenated alkanes) is 1. The maximum atomic E-state index is 6.19. The minimum absolute atomic E-state index is 0.225. The smallest absolute Gasteiger partial charge is 0.234 e. The molecule has 0 unspecified atom stereocenters. The summed E-state index contributed by atoms with van der Waals surface area (Å²) in [7, 11) is 0. The number of aromatic nitrogens is 3. The summed E-state index contributed by atoms with van der Waals surface area (Å²) in [5.74, 6) is 0.665. The minimum atomic E-state index is -0.225. The van der Waals surface area contributed by atoms with Crippen LogP contribution < -0.4 is 4.74 Å². The Bertz CT molecular complexity index is 1220. The van der Waals surface area contributed by atoms with Crippen molar-refractivity contribution in [3.63, 3.8) is 0 Å². The van der Waals surface area contributed by atoms with Crippen LogP contribution in [0.2, 0.25) is 0 Å². The Balaban J connectivity index is 1.77. The summed E-state index contributed by atoms with van der Waals surface area (Å²) in [6, 6.07) is 10.4. The Morgan fingerprint density at radius 1 is 1.13 bits per heavy atom. The first kappa shape index (κ1) is 19.4. The number of benzene rings is 1. The van der Waals surface area contributed by atoms with Crippen molar-refractivity contribution in [2.45, 2.75) is 52.2 Å². The second-order valence-electron chi connectivity index (χ2n) is 8.35. The molecule has 5 rings (SSSR count). The molecule has 0 spiro atoms. The second-order valence-corrected chi connectivity index (χ2v) is 9.35. The minimum Gasteiger partial charge on any atom is -0.477 e. The van der Waals surface area contributed by atoms with Crippen LogP contribution in [0.25, 0.3) is 31.7 Å². The van der Waals surface area contributed by atoms with Crippen molar-refractivity contribution in [2.24, 2.45) is 0 Å². The molecule has 3 aromatic heterocycles. The lowest BCUT2D eigenvalue weighted by molar-refractivity contribution is -0.0394. The van der Waals surface area contributed by atoms with Gasteiger partial charge in [-0.3, -0.25) is 0 Å². The molecule has 0 radical (unpaired) electrons. The van der Waals surface area contributed by atoms with E-state index in [1.165, 1.54) is 11.1 Å². The molecular weight excluding hydrogens is 394 g/mol. The van der Waals surface area contributed by atoms with Crippen molar-refractivity contribution < 1.29 is 9.47 Å². The van der Waals surface area contributed by atoms with Gasteiger partial charge in [-0.2, -0.15) is 0 Å². The van der Waals surface area contributed by atoms with Crippen LogP contribution in [0.5, 0.6) is 5.88 Å². The Kier molecular flexibility index (Phi) is 4.91. The maximum absolute atomic E-state index is 6.19. The molecule has 5 nitrogen and oxygen atoms in total. The van der Waals surface area contributed by atoms with E-state index in [0.29, 0.717) is 19.1 Å². The molecule has 1 aliphatic rings. The average molecular weight is 420 g/mol. The zero-order valence-corrected chi connectivity index (χ0v) is 18.4. The van der Waals surface area contributed by atoms with Crippen LogP contribution in [0.4, 0.5) is 0 Å². The zero-order valence-electron chi connectivity index (χ0n) is 17.6. The van der Waals surface area contributed by atoms with Gasteiger partial charge in [0, 0.05) is 22.9 Å². The number of nitrogens with zero attached hydrogens (tertiary/aromatic N) is 3. The number of hydrogen-bond acceptors (Lipinski definition) is 6. The van der Waals surface area contributed by atoms with Crippen LogP contribution >= 0.6 is 11.3 Å². The van der Waals surface area contributed by atoms with Gasteiger partial charge in [-0.05, 0) is 25.8 Å². The first-order chi connectivity index (χ1) is 14.6. The van der Waals surface area contributed by atoms with E-state index < -0.39 is 0 Å². The third-order valence-electron chi connectivity index (χ3n) is 5.58. The predicted molar refractivity (Wildman–Crippen MR) is 121 cm³/mol. The molecule has 0 amide bonds. The molecule has 0 aliphatic carbocycles. The van der Waals surface area contributed by atoms with Gasteiger partial charge in [-0.1, -0.05) is 43.7 Å². The number of fused-ring (bicyclic) bond motifs is 5. The predicted octanol–water partition coefficient (Wildman–Crippen LogP) is 5.94. The summed E-state index contributed by atoms with van der Waals surface area (Å²) in [4.78, 5) is 15.2. The summed E-state index contributed by atoms with van der Waals surface area (Å²) >= 11 is 1.63. The molecule has 4 aromatic rings. The number of ether oxygens (including phenoxy) is 2. The highest BCUT2D eigenvalue weighted by Gasteiger charge is 2.32. The van der Waals surface area contributed by atoms with Gasteiger partial charge in [0.25, 0.3) is 0 Å². The van der Waals surface area contributed by atoms with Gasteiger partial charge in [0.15, 0.2) is 0 Å². The van der Waals surface area contributed by atoms with Crippen LogP contribution in [0, 0.1) is 0 Å². The Morgan fingerprint density at radius 3 is 2.77 bits per heavy atom. The van der Waals surface area contributed by atoms with Crippen LogP contribution in [0.3, 0.4) is 0 Å². The second kappa shape index (κ2) is 7.60. The fraction of sp³-hybridized carbons (Fsp3) is 0.375. The van der Waals surface area contributed by atoms with Crippen molar-refractivity contribution in [1.29, 1.82) is 0 Å². The molecule has 0 N–H and O–H groups in total. The van der Waals surface area contributed by atoms with E-state index in [9.17, 15) is 0 Å². The van der Waals surface area contributed by atoms with Crippen LogP contribution in [0.15, 0.2) is 36.7 Å². The first-order valence-corrected chi connectivity index (χ1v) is 11.3. The normalized spacial score (nSPS) is 15.4. The number of thiophene rings is 1. The lowest BCUT2D eigenvalue weighted by atomic mass is 9.88. The van der Waals surface area contributed by atoms with E-state index in [4.69, 9.17) is 14.5 Å². The lowest BCUT2D eigenvalue weighted by Crippen LogP contribution is -2.32. The summed E-state index contributed by atoms with van der Waals surface area (Å²) in [6.45, 7) is 7.67. The van der Waals surface area contributed by atoms with Crippen LogP contribution in [0.1, 0.15) is 44.7 Å². The van der Waals surface area contributed by atoms with E-state index in [2.05, 4.69) is 55.0 Å². The standard InChI is InChI=1S/C24H25N3O2S/c1-4-5-11-28-22-21-20(25-14-26-22)18-16-12-24(2,3)29-13-17(16)19(27-23(18)30-21)15-9-7-6-8-10-15/h6-10,14H,4-5,11-13H2,1-3H3. The molecule has 0 fully saturated rings. The van der Waals surface area contributed by atoms with Crippen molar-refractivity contribution in [3.05, 3.63) is 47.8 Å². The Hall–Kier alpha value is -2.57. The molecular formula is C24H25N3O2S. The molecule has 0 atom stereocenters. The van der Waals surface area contributed by atoms with E-state index in [1.807, 2.05) is 6.07 Å². The van der Waals surface area contributed by atoms with Crippen molar-refractivity contribution in [3.8, 4) is 17.1 Å². The number of pyridine rings is 1. The SMILES string of the molecule is CCCCOc1ncnc2c1sc1nc(-c3ccccc3)c3c(c12)CC(C)(C)OC3. The number of rotatable bonds is 5. The quantitative estimate of drug-likeness (QED) is 0.375. The molecule has 4 heterocycles. The van der Waals surface area contributed by atoms with Crippen molar-refractivity contribution >= 4 is 31.8 Å². The van der Waals surface area contributed by atoms with Crippen LogP contribution in [-0.2, 0) is 17.8 Å². The third kappa shape index (κ3) is 3.34. The fourth-order valence-corrected chi connectivity index (χ4v) is 5.14. The van der Waals surface area contributed by atoms with E-state index in [-0.39, 0.29) is 5.60 Å². The molecule has 0 bridgehead atoms. The van der Waals surface area contributed by atoms with Gasteiger partial charge in [-0.25, -0.2) is 15.0 Å². The topological polar surface area (TPSA) is 57.1 Å². The van der Waals surface area contributed by atoms with Gasteiger partial charge >= 0.3 is 0 Å². The first-order valence-electron chi connectivity index (χ1n) is 10.5. The molecule has 6 heteroatoms. The van der Waals surface area contributed by atoms with Gasteiger partial charge in [-0.15, -0.1) is 11.3 Å². The zero-order chi connectivity index (χ0) is 20.7. The van der Waals surface area contributed by atoms with Crippen molar-refractivity contribution in [2.75, 3.05) is 6.61 Å². The van der Waals surface area contributed by atoms with E-state index in [0.717, 1.165) is 51.0 Å².